The number of nitrogens with one attached hydrogen (secondary N) is 1. The minimum Gasteiger partial charge on any atom is -0.290 e. The van der Waals surface area contributed by atoms with Crippen molar-refractivity contribution in [1.82, 2.24) is 5.48 Å². The summed E-state index contributed by atoms with van der Waals surface area (Å²) in [6.45, 7) is 0. The number of halogens is 2. The van der Waals surface area contributed by atoms with Crippen molar-refractivity contribution in [1.29, 1.82) is 0 Å². The number of hydrogen-bond donors (Lipinski definition) is 2. The molecule has 0 aliphatic heterocycles. The van der Waals surface area contributed by atoms with Gasteiger partial charge in [0.05, 0.1) is 11.1 Å². The van der Waals surface area contributed by atoms with Crippen molar-refractivity contribution < 1.29 is 10.0 Å². The topological polar surface area (TPSA) is 61.7 Å². The maximum atomic E-state index is 12.3. The van der Waals surface area contributed by atoms with Crippen LogP contribution in [0.3, 0.4) is 0 Å². The van der Waals surface area contributed by atoms with Gasteiger partial charge in [-0.2, -0.15) is 0 Å². The smallest absolute Gasteiger partial charge is 0.231 e. The lowest BCUT2D eigenvalue weighted by Gasteiger charge is -2.18. The molecule has 0 heterocycles. The van der Waals surface area contributed by atoms with Gasteiger partial charge in [0.2, 0.25) is 5.78 Å². The quantitative estimate of drug-likeness (QED) is 0.385. The first-order chi connectivity index (χ1) is 9.61. The molecule has 1 aromatic carbocycles. The molecule has 0 aromatic heterocycles. The summed E-state index contributed by atoms with van der Waals surface area (Å²) in [5.74, 6) is -0.499. The number of hydrogen-bond acceptors (Lipinski definition) is 3. The van der Waals surface area contributed by atoms with E-state index >= 15 is 0 Å². The van der Waals surface area contributed by atoms with Crippen LogP contribution in [0, 0.1) is 0 Å². The predicted octanol–water partition coefficient (Wildman–Crippen LogP) is 3.89. The van der Waals surface area contributed by atoms with Gasteiger partial charge in [-0.25, -0.2) is 5.48 Å². The molecule has 2 N–H and O–H groups in total. The van der Waals surface area contributed by atoms with Gasteiger partial charge in [-0.15, -0.1) is 0 Å². The molecule has 1 aliphatic carbocycles. The number of nitrogens with zero attached hydrogens (tertiary/aromatic N) is 1. The van der Waals surface area contributed by atoms with Crippen LogP contribution in [-0.2, 0) is 0 Å². The van der Waals surface area contributed by atoms with E-state index in [9.17, 15) is 4.79 Å². The molecule has 6 heteroatoms. The van der Waals surface area contributed by atoms with Crippen LogP contribution in [0.4, 0.5) is 0 Å². The van der Waals surface area contributed by atoms with Gasteiger partial charge in [-0.3, -0.25) is 15.0 Å². The Hall–Kier alpha value is -1.10. The fraction of sp³-hybridized carbons (Fsp3) is 0.429. The molecule has 0 unspecified atom stereocenters. The highest BCUT2D eigenvalue weighted by Gasteiger charge is 2.20. The Morgan fingerprint density at radius 3 is 2.55 bits per heavy atom. The summed E-state index contributed by atoms with van der Waals surface area (Å²) in [6, 6.07) is 4.68. The van der Waals surface area contributed by atoms with Crippen molar-refractivity contribution in [3.8, 4) is 0 Å². The Kier molecular flexibility index (Phi) is 5.40. The SMILES string of the molecule is O=C(C(=NC1CCCCC1)NO)c1ccc(Cl)cc1Cl. The normalized spacial score (nSPS) is 17.1. The highest BCUT2D eigenvalue weighted by Crippen LogP contribution is 2.23. The van der Waals surface area contributed by atoms with Gasteiger partial charge in [-0.05, 0) is 31.0 Å². The summed E-state index contributed by atoms with van der Waals surface area (Å²) in [4.78, 5) is 16.6. The number of aliphatic imine (C=N–C) groups is 1. The number of carbonyl (C=O) groups is 1. The van der Waals surface area contributed by atoms with Gasteiger partial charge in [0.25, 0.3) is 0 Å². The molecule has 0 bridgehead atoms. The van der Waals surface area contributed by atoms with Crippen LogP contribution in [0.25, 0.3) is 0 Å². The van der Waals surface area contributed by atoms with Gasteiger partial charge in [0.15, 0.2) is 5.84 Å². The van der Waals surface area contributed by atoms with E-state index in [1.54, 1.807) is 6.07 Å². The van der Waals surface area contributed by atoms with E-state index in [1.807, 2.05) is 5.48 Å². The number of ketones is 1. The van der Waals surface area contributed by atoms with E-state index < -0.39 is 5.78 Å². The molecule has 0 amide bonds. The van der Waals surface area contributed by atoms with Crippen molar-refractivity contribution in [2.45, 2.75) is 38.1 Å². The molecule has 1 aromatic rings. The number of Topliss-reactive ketones (excluding diaryl/α,β-unsaturated/α-hetero) is 1. The number of amidine groups is 1. The third kappa shape index (κ3) is 3.72. The summed E-state index contributed by atoms with van der Waals surface area (Å²) in [5, 5.41) is 9.86. The molecule has 1 aliphatic rings. The van der Waals surface area contributed by atoms with Crippen LogP contribution in [0.2, 0.25) is 10.0 Å². The first kappa shape index (κ1) is 15.3. The average molecular weight is 315 g/mol. The first-order valence-corrected chi connectivity index (χ1v) is 7.35. The lowest BCUT2D eigenvalue weighted by atomic mass is 9.96. The Balaban J connectivity index is 2.21. The summed E-state index contributed by atoms with van der Waals surface area (Å²) in [7, 11) is 0. The fourth-order valence-corrected chi connectivity index (χ4v) is 2.83. The first-order valence-electron chi connectivity index (χ1n) is 6.59. The van der Waals surface area contributed by atoms with Crippen LogP contribution in [-0.4, -0.2) is 22.9 Å². The summed E-state index contributed by atoms with van der Waals surface area (Å²) < 4.78 is 0. The Morgan fingerprint density at radius 1 is 1.25 bits per heavy atom. The van der Waals surface area contributed by atoms with Crippen LogP contribution in [0.5, 0.6) is 0 Å². The van der Waals surface area contributed by atoms with E-state index in [0.29, 0.717) is 5.02 Å². The summed E-state index contributed by atoms with van der Waals surface area (Å²) >= 11 is 11.8. The molecule has 4 nitrogen and oxygen atoms in total. The molecule has 0 atom stereocenters. The van der Waals surface area contributed by atoms with Crippen molar-refractivity contribution in [3.63, 3.8) is 0 Å². The highest BCUT2D eigenvalue weighted by molar-refractivity contribution is 6.48. The second-order valence-corrected chi connectivity index (χ2v) is 5.68. The Bertz CT molecular complexity index is 526. The minimum absolute atomic E-state index is 0.0684. The highest BCUT2D eigenvalue weighted by atomic mass is 35.5. The Labute approximate surface area is 127 Å². The molecule has 1 saturated carbocycles. The molecular weight excluding hydrogens is 299 g/mol. The number of rotatable bonds is 3. The third-order valence-electron chi connectivity index (χ3n) is 3.38. The number of hydroxylamine groups is 1. The summed E-state index contributed by atoms with van der Waals surface area (Å²) in [6.07, 6.45) is 5.27. The van der Waals surface area contributed by atoms with Crippen molar-refractivity contribution in [3.05, 3.63) is 33.8 Å². The average Bonchev–Trinajstić information content (AvgIpc) is 2.45. The zero-order valence-corrected chi connectivity index (χ0v) is 12.4. The van der Waals surface area contributed by atoms with Crippen LogP contribution >= 0.6 is 23.2 Å². The molecular formula is C14H16Cl2N2O2. The van der Waals surface area contributed by atoms with E-state index in [0.717, 1.165) is 25.7 Å². The molecule has 0 spiro atoms. The largest absolute Gasteiger partial charge is 0.290 e. The maximum Gasteiger partial charge on any atom is 0.231 e. The Morgan fingerprint density at radius 2 is 1.95 bits per heavy atom. The molecule has 108 valence electrons. The van der Waals surface area contributed by atoms with E-state index in [2.05, 4.69) is 4.99 Å². The van der Waals surface area contributed by atoms with Gasteiger partial charge in [0, 0.05) is 10.6 Å². The third-order valence-corrected chi connectivity index (χ3v) is 3.93. The standard InChI is InChI=1S/C14H16Cl2N2O2/c15-9-6-7-11(12(16)8-9)13(19)14(18-20)17-10-4-2-1-3-5-10/h6-8,10,20H,1-5H2,(H,17,18). The summed E-state index contributed by atoms with van der Waals surface area (Å²) in [5.41, 5.74) is 2.17. The minimum atomic E-state index is -0.431. The maximum absolute atomic E-state index is 12.3. The molecule has 1 fully saturated rings. The predicted molar refractivity (Wildman–Crippen MR) is 80.0 cm³/mol. The lowest BCUT2D eigenvalue weighted by molar-refractivity contribution is 0.104. The lowest BCUT2D eigenvalue weighted by Crippen LogP contribution is -2.31. The fourth-order valence-electron chi connectivity index (χ4n) is 2.33. The zero-order chi connectivity index (χ0) is 14.5. The van der Waals surface area contributed by atoms with Gasteiger partial charge in [-0.1, -0.05) is 42.5 Å². The van der Waals surface area contributed by atoms with E-state index in [4.69, 9.17) is 28.4 Å². The molecule has 2 rings (SSSR count). The van der Waals surface area contributed by atoms with E-state index in [-0.39, 0.29) is 22.5 Å². The van der Waals surface area contributed by atoms with Crippen molar-refractivity contribution >= 4 is 34.8 Å². The monoisotopic (exact) mass is 314 g/mol. The van der Waals surface area contributed by atoms with Crippen LogP contribution < -0.4 is 5.48 Å². The molecule has 20 heavy (non-hydrogen) atoms. The molecule has 0 saturated heterocycles. The van der Waals surface area contributed by atoms with Gasteiger partial charge >= 0.3 is 0 Å². The van der Waals surface area contributed by atoms with Crippen molar-refractivity contribution in [2.75, 3.05) is 0 Å². The number of benzene rings is 1. The number of carbonyl (C=O) groups excluding carboxylic acids is 1. The molecule has 0 radical (unpaired) electrons. The van der Waals surface area contributed by atoms with Crippen LogP contribution in [0.1, 0.15) is 42.5 Å². The zero-order valence-electron chi connectivity index (χ0n) is 10.9. The van der Waals surface area contributed by atoms with E-state index in [1.165, 1.54) is 18.6 Å². The van der Waals surface area contributed by atoms with Crippen LogP contribution in [0.15, 0.2) is 23.2 Å². The van der Waals surface area contributed by atoms with Gasteiger partial charge < -0.3 is 0 Å². The van der Waals surface area contributed by atoms with Crippen molar-refractivity contribution in [2.24, 2.45) is 4.99 Å². The van der Waals surface area contributed by atoms with Gasteiger partial charge in [0.1, 0.15) is 0 Å². The second-order valence-electron chi connectivity index (χ2n) is 4.83. The second kappa shape index (κ2) is 7.07.